The van der Waals surface area contributed by atoms with Crippen LogP contribution in [0, 0.1) is 5.92 Å². The molecule has 0 aromatic heterocycles. The molecular weight excluding hydrogens is 550 g/mol. The first kappa shape index (κ1) is 38.0. The largest absolute Gasteiger partial charge is 0.480 e. The predicted octanol–water partition coefficient (Wildman–Crippen LogP) is -2.22. The molecule has 16 heteroatoms. The molecule has 0 aromatic carbocycles. The van der Waals surface area contributed by atoms with Crippen LogP contribution in [-0.4, -0.2) is 89.9 Å². The Morgan fingerprint density at radius 1 is 0.690 bits per heavy atom. The van der Waals surface area contributed by atoms with E-state index in [2.05, 4.69) is 31.6 Å². The molecule has 5 amide bonds. The van der Waals surface area contributed by atoms with Crippen LogP contribution in [0.4, 0.5) is 0 Å². The van der Waals surface area contributed by atoms with E-state index >= 15 is 0 Å². The highest BCUT2D eigenvalue weighted by Gasteiger charge is 2.30. The number of nitrogens with one attached hydrogen (secondary N) is 5. The lowest BCUT2D eigenvalue weighted by molar-refractivity contribution is -0.141. The zero-order valence-corrected chi connectivity index (χ0v) is 25.2. The standard InChI is InChI=1S/C26H49N9O7/c1-14(2)13-20(33-17(5)36)24(40)35-19(10-8-12-30-26(28)29)22(38)31-15(3)21(37)34-18(9-6-7-11-27)23(39)32-16(4)25(41)42/h14-16,18-20H,6-13,27H2,1-5H3,(H,31,38)(H,32,39)(H,33,36)(H,34,37)(H,35,40)(H,41,42)(H4,28,29,30)/t15-,16-,18-,19-,20-/m0/s1. The highest BCUT2D eigenvalue weighted by Crippen LogP contribution is 2.08. The Labute approximate surface area is 246 Å². The van der Waals surface area contributed by atoms with Crippen LogP contribution >= 0.6 is 0 Å². The topological polar surface area (TPSA) is 273 Å². The fourth-order valence-electron chi connectivity index (χ4n) is 3.81. The van der Waals surface area contributed by atoms with Crippen LogP contribution in [0.5, 0.6) is 0 Å². The third kappa shape index (κ3) is 16.3. The molecule has 0 fully saturated rings. The van der Waals surface area contributed by atoms with E-state index in [1.54, 1.807) is 0 Å². The number of carboxylic acids is 1. The van der Waals surface area contributed by atoms with Crippen LogP contribution in [0.2, 0.25) is 0 Å². The van der Waals surface area contributed by atoms with Gasteiger partial charge >= 0.3 is 5.97 Å². The van der Waals surface area contributed by atoms with Gasteiger partial charge in [-0.1, -0.05) is 13.8 Å². The maximum absolute atomic E-state index is 13.2. The van der Waals surface area contributed by atoms with Crippen LogP contribution in [-0.2, 0) is 28.8 Å². The summed E-state index contributed by atoms with van der Waals surface area (Å²) in [5.74, 6) is -4.33. The monoisotopic (exact) mass is 599 g/mol. The van der Waals surface area contributed by atoms with Crippen LogP contribution in [0.25, 0.3) is 0 Å². The molecule has 42 heavy (non-hydrogen) atoms. The minimum absolute atomic E-state index is 0.0685. The number of aliphatic carboxylic acids is 1. The molecule has 0 heterocycles. The number of amides is 5. The van der Waals surface area contributed by atoms with Crippen molar-refractivity contribution in [2.75, 3.05) is 13.1 Å². The Morgan fingerprint density at radius 2 is 1.19 bits per heavy atom. The highest BCUT2D eigenvalue weighted by molar-refractivity contribution is 5.95. The Morgan fingerprint density at radius 3 is 1.67 bits per heavy atom. The van der Waals surface area contributed by atoms with E-state index in [1.165, 1.54) is 20.8 Å². The van der Waals surface area contributed by atoms with Gasteiger partial charge in [0.05, 0.1) is 0 Å². The van der Waals surface area contributed by atoms with E-state index in [0.717, 1.165) is 0 Å². The molecule has 5 atom stereocenters. The molecule has 0 rings (SSSR count). The van der Waals surface area contributed by atoms with Gasteiger partial charge in [-0.15, -0.1) is 0 Å². The summed E-state index contributed by atoms with van der Waals surface area (Å²) < 4.78 is 0. The van der Waals surface area contributed by atoms with Gasteiger partial charge in [-0.3, -0.25) is 33.8 Å². The van der Waals surface area contributed by atoms with Crippen molar-refractivity contribution >= 4 is 41.5 Å². The lowest BCUT2D eigenvalue weighted by Gasteiger charge is -2.26. The maximum atomic E-state index is 13.2. The summed E-state index contributed by atoms with van der Waals surface area (Å²) in [6.45, 7) is 8.30. The molecule has 0 aliphatic carbocycles. The second-order valence-corrected chi connectivity index (χ2v) is 10.5. The predicted molar refractivity (Wildman–Crippen MR) is 157 cm³/mol. The van der Waals surface area contributed by atoms with E-state index < -0.39 is 65.7 Å². The number of nitrogens with two attached hydrogens (primary N) is 3. The average molecular weight is 600 g/mol. The third-order valence-electron chi connectivity index (χ3n) is 6.04. The van der Waals surface area contributed by atoms with E-state index in [1.807, 2.05) is 13.8 Å². The Balaban J connectivity index is 5.64. The molecule has 0 aliphatic heterocycles. The molecule has 0 unspecified atom stereocenters. The first-order chi connectivity index (χ1) is 19.6. The fraction of sp³-hybridized carbons (Fsp3) is 0.731. The zero-order chi connectivity index (χ0) is 32.4. The van der Waals surface area contributed by atoms with Crippen LogP contribution in [0.15, 0.2) is 4.99 Å². The van der Waals surface area contributed by atoms with E-state index in [-0.39, 0.29) is 31.3 Å². The Kier molecular flexibility index (Phi) is 18.1. The Hall–Kier alpha value is -3.95. The van der Waals surface area contributed by atoms with Crippen LogP contribution in [0.3, 0.4) is 0 Å². The third-order valence-corrected chi connectivity index (χ3v) is 6.04. The van der Waals surface area contributed by atoms with Crippen molar-refractivity contribution in [1.82, 2.24) is 26.6 Å². The van der Waals surface area contributed by atoms with Crippen molar-refractivity contribution in [1.29, 1.82) is 0 Å². The molecule has 16 nitrogen and oxygen atoms in total. The summed E-state index contributed by atoms with van der Waals surface area (Å²) in [4.78, 5) is 78.5. The molecule has 12 N–H and O–H groups in total. The van der Waals surface area contributed by atoms with E-state index in [4.69, 9.17) is 22.3 Å². The van der Waals surface area contributed by atoms with E-state index in [0.29, 0.717) is 32.2 Å². The van der Waals surface area contributed by atoms with Gasteiger partial charge in [0.25, 0.3) is 0 Å². The van der Waals surface area contributed by atoms with Gasteiger partial charge < -0.3 is 48.9 Å². The summed E-state index contributed by atoms with van der Waals surface area (Å²) in [7, 11) is 0. The smallest absolute Gasteiger partial charge is 0.325 e. The summed E-state index contributed by atoms with van der Waals surface area (Å²) in [5, 5.41) is 21.8. The number of unbranched alkanes of at least 4 members (excludes halogenated alkanes) is 1. The molecule has 0 aliphatic rings. The van der Waals surface area contributed by atoms with Crippen LogP contribution in [0.1, 0.15) is 73.1 Å². The number of nitrogens with zero attached hydrogens (tertiary/aromatic N) is 1. The summed E-state index contributed by atoms with van der Waals surface area (Å²) in [5.41, 5.74) is 16.2. The molecule has 0 radical (unpaired) electrons. The molecule has 0 saturated heterocycles. The number of aliphatic imine (C=N–C) groups is 1. The SMILES string of the molecule is CC(=O)N[C@@H](CC(C)C)C(=O)N[C@@H](CCCN=C(N)N)C(=O)N[C@@H](C)C(=O)N[C@@H](CCCCN)C(=O)N[C@@H](C)C(=O)O. The van der Waals surface area contributed by atoms with Crippen molar-refractivity contribution in [3.63, 3.8) is 0 Å². The molecule has 0 saturated carbocycles. The van der Waals surface area contributed by atoms with Gasteiger partial charge in [0.1, 0.15) is 30.2 Å². The number of rotatable bonds is 20. The molecule has 0 spiro atoms. The van der Waals surface area contributed by atoms with E-state index in [9.17, 15) is 28.8 Å². The minimum atomic E-state index is -1.24. The minimum Gasteiger partial charge on any atom is -0.480 e. The average Bonchev–Trinajstić information content (AvgIpc) is 2.88. The summed E-state index contributed by atoms with van der Waals surface area (Å²) in [6, 6.07) is -5.33. The number of guanidine groups is 1. The zero-order valence-electron chi connectivity index (χ0n) is 25.2. The maximum Gasteiger partial charge on any atom is 0.325 e. The lowest BCUT2D eigenvalue weighted by atomic mass is 10.0. The quantitative estimate of drug-likeness (QED) is 0.0413. The molecule has 0 bridgehead atoms. The number of carboxylic acid groups (broad SMARTS) is 1. The van der Waals surface area contributed by atoms with Crippen LogP contribution < -0.4 is 43.8 Å². The first-order valence-corrected chi connectivity index (χ1v) is 14.1. The van der Waals surface area contributed by atoms with Crippen molar-refractivity contribution < 1.29 is 33.9 Å². The van der Waals surface area contributed by atoms with Gasteiger partial charge in [-0.25, -0.2) is 0 Å². The van der Waals surface area contributed by atoms with Crippen molar-refractivity contribution in [2.45, 2.75) is 103 Å². The fourth-order valence-corrected chi connectivity index (χ4v) is 3.81. The van der Waals surface area contributed by atoms with Crippen molar-refractivity contribution in [3.05, 3.63) is 0 Å². The molecule has 0 aromatic rings. The van der Waals surface area contributed by atoms with Crippen molar-refractivity contribution in [2.24, 2.45) is 28.1 Å². The van der Waals surface area contributed by atoms with Gasteiger partial charge in [0.15, 0.2) is 5.96 Å². The Bertz CT molecular complexity index is 954. The van der Waals surface area contributed by atoms with Gasteiger partial charge in [-0.2, -0.15) is 0 Å². The number of carbonyl (C=O) groups excluding carboxylic acids is 5. The normalized spacial score (nSPS) is 14.4. The summed E-state index contributed by atoms with van der Waals surface area (Å²) in [6.07, 6.45) is 2.04. The number of hydrogen-bond donors (Lipinski definition) is 9. The first-order valence-electron chi connectivity index (χ1n) is 14.1. The molecular formula is C26H49N9O7. The second kappa shape index (κ2) is 20.0. The lowest BCUT2D eigenvalue weighted by Crippen LogP contribution is -2.58. The number of hydrogen-bond acceptors (Lipinski definition) is 8. The van der Waals surface area contributed by atoms with Gasteiger partial charge in [-0.05, 0) is 64.8 Å². The van der Waals surface area contributed by atoms with Gasteiger partial charge in [0.2, 0.25) is 29.5 Å². The van der Waals surface area contributed by atoms with Crippen molar-refractivity contribution in [3.8, 4) is 0 Å². The number of carbonyl (C=O) groups is 6. The molecule has 240 valence electrons. The van der Waals surface area contributed by atoms with Gasteiger partial charge in [0, 0.05) is 13.5 Å². The summed E-state index contributed by atoms with van der Waals surface area (Å²) >= 11 is 0. The highest BCUT2D eigenvalue weighted by atomic mass is 16.4. The second-order valence-electron chi connectivity index (χ2n) is 10.5.